The predicted octanol–water partition coefficient (Wildman–Crippen LogP) is 5.44. The summed E-state index contributed by atoms with van der Waals surface area (Å²) in [5, 5.41) is 9.57. The first-order chi connectivity index (χ1) is 11.8. The summed E-state index contributed by atoms with van der Waals surface area (Å²) in [5.74, 6) is -0.0585. The van der Waals surface area contributed by atoms with Gasteiger partial charge in [0, 0.05) is 3.57 Å². The molecule has 1 N–H and O–H groups in total. The van der Waals surface area contributed by atoms with E-state index in [0.717, 1.165) is 26.5 Å². The van der Waals surface area contributed by atoms with E-state index >= 15 is 0 Å². The Kier molecular flexibility index (Phi) is 6.31. The highest BCUT2D eigenvalue weighted by molar-refractivity contribution is 14.1. The van der Waals surface area contributed by atoms with Gasteiger partial charge in [-0.25, -0.2) is 0 Å². The number of aromatic hydroxyl groups is 1. The number of carbonyl (C=O) groups is 2. The fourth-order valence-electron chi connectivity index (χ4n) is 2.23. The fourth-order valence-corrected chi connectivity index (χ4v) is 5.24. The second kappa shape index (κ2) is 8.13. The predicted molar refractivity (Wildman–Crippen MR) is 124 cm³/mol. The summed E-state index contributed by atoms with van der Waals surface area (Å²) >= 11 is 7.24. The molecule has 0 saturated carbocycles. The largest absolute Gasteiger partial charge is 0.506 e. The van der Waals surface area contributed by atoms with E-state index in [1.807, 2.05) is 69.4 Å². The van der Waals surface area contributed by atoms with Crippen LogP contribution in [0.5, 0.6) is 5.75 Å². The van der Waals surface area contributed by atoms with Crippen LogP contribution in [0.1, 0.15) is 11.1 Å². The quantitative estimate of drug-likeness (QED) is 0.345. The Hall–Kier alpha value is -0.340. The van der Waals surface area contributed by atoms with Gasteiger partial charge in [0.15, 0.2) is 0 Å². The number of nitrogens with zero attached hydrogens (tertiary/aromatic N) is 1. The summed E-state index contributed by atoms with van der Waals surface area (Å²) in [5.41, 5.74) is 1.70. The standard InChI is InChI=1S/C17H10I3NO3S/c18-11-3-1-9(2-4-11)8-21-16(23)14(25-17(21)24)7-10-5-12(19)15(22)13(20)6-10/h1-7,22H,8H2/b14-7+. The number of benzene rings is 2. The highest BCUT2D eigenvalue weighted by Crippen LogP contribution is 2.35. The summed E-state index contributed by atoms with van der Waals surface area (Å²) in [6.07, 6.45) is 1.70. The zero-order valence-electron chi connectivity index (χ0n) is 12.5. The van der Waals surface area contributed by atoms with Crippen LogP contribution in [-0.4, -0.2) is 21.2 Å². The average molecular weight is 689 g/mol. The maximum Gasteiger partial charge on any atom is 0.293 e. The minimum Gasteiger partial charge on any atom is -0.506 e. The van der Waals surface area contributed by atoms with Gasteiger partial charge in [-0.2, -0.15) is 0 Å². The third-order valence-electron chi connectivity index (χ3n) is 3.46. The van der Waals surface area contributed by atoms with E-state index in [9.17, 15) is 14.7 Å². The number of halogens is 3. The first kappa shape index (κ1) is 19.4. The molecule has 2 aromatic carbocycles. The van der Waals surface area contributed by atoms with Crippen molar-refractivity contribution in [1.82, 2.24) is 4.90 Å². The second-order valence-corrected chi connectivity index (χ2v) is 9.79. The number of hydrogen-bond acceptors (Lipinski definition) is 4. The molecule has 0 bridgehead atoms. The Morgan fingerprint density at radius 2 is 1.64 bits per heavy atom. The van der Waals surface area contributed by atoms with Crippen molar-refractivity contribution in [1.29, 1.82) is 0 Å². The minimum absolute atomic E-state index is 0.227. The molecule has 0 unspecified atom stereocenters. The van der Waals surface area contributed by atoms with Crippen LogP contribution in [0.4, 0.5) is 4.79 Å². The van der Waals surface area contributed by atoms with E-state index in [-0.39, 0.29) is 23.4 Å². The van der Waals surface area contributed by atoms with Gasteiger partial charge in [0.25, 0.3) is 11.1 Å². The molecule has 25 heavy (non-hydrogen) atoms. The van der Waals surface area contributed by atoms with Gasteiger partial charge < -0.3 is 5.11 Å². The van der Waals surface area contributed by atoms with Gasteiger partial charge in [0.05, 0.1) is 18.6 Å². The molecule has 1 fully saturated rings. The van der Waals surface area contributed by atoms with Crippen LogP contribution in [0, 0.1) is 10.7 Å². The molecule has 1 heterocycles. The van der Waals surface area contributed by atoms with Gasteiger partial charge in [-0.3, -0.25) is 14.5 Å². The lowest BCUT2D eigenvalue weighted by Crippen LogP contribution is -2.27. The molecule has 3 rings (SSSR count). The Bertz CT molecular complexity index is 874. The van der Waals surface area contributed by atoms with Crippen molar-refractivity contribution in [2.45, 2.75) is 6.54 Å². The Morgan fingerprint density at radius 3 is 2.24 bits per heavy atom. The molecule has 2 aromatic rings. The second-order valence-electron chi connectivity index (χ2n) is 5.23. The summed E-state index contributed by atoms with van der Waals surface area (Å²) in [6, 6.07) is 11.3. The maximum atomic E-state index is 12.6. The van der Waals surface area contributed by atoms with Crippen molar-refractivity contribution in [2.24, 2.45) is 0 Å². The average Bonchev–Trinajstić information content (AvgIpc) is 2.82. The zero-order valence-corrected chi connectivity index (χ0v) is 19.8. The minimum atomic E-state index is -0.286. The van der Waals surface area contributed by atoms with Crippen molar-refractivity contribution in [2.75, 3.05) is 0 Å². The van der Waals surface area contributed by atoms with Crippen LogP contribution in [0.3, 0.4) is 0 Å². The van der Waals surface area contributed by atoms with Crippen LogP contribution >= 0.6 is 79.5 Å². The molecule has 128 valence electrons. The molecule has 0 spiro atoms. The zero-order chi connectivity index (χ0) is 18.1. The lowest BCUT2D eigenvalue weighted by Gasteiger charge is -2.12. The SMILES string of the molecule is O=C1S/C(=C/c2cc(I)c(O)c(I)c2)C(=O)N1Cc1ccc(I)cc1. The Labute approximate surface area is 189 Å². The van der Waals surface area contributed by atoms with E-state index < -0.39 is 0 Å². The van der Waals surface area contributed by atoms with Crippen LogP contribution in [0.2, 0.25) is 0 Å². The molecule has 2 amide bonds. The van der Waals surface area contributed by atoms with Crippen LogP contribution < -0.4 is 0 Å². The number of thioether (sulfide) groups is 1. The molecule has 4 nitrogen and oxygen atoms in total. The third kappa shape index (κ3) is 4.50. The highest BCUT2D eigenvalue weighted by Gasteiger charge is 2.35. The van der Waals surface area contributed by atoms with E-state index in [4.69, 9.17) is 0 Å². The summed E-state index contributed by atoms with van der Waals surface area (Å²) in [4.78, 5) is 26.5. The molecule has 8 heteroatoms. The van der Waals surface area contributed by atoms with Gasteiger partial charge in [-0.1, -0.05) is 12.1 Å². The molecule has 0 atom stereocenters. The normalized spacial score (nSPS) is 16.1. The lowest BCUT2D eigenvalue weighted by atomic mass is 10.2. The Morgan fingerprint density at radius 1 is 1.04 bits per heavy atom. The topological polar surface area (TPSA) is 57.6 Å². The van der Waals surface area contributed by atoms with Gasteiger partial charge in [0.1, 0.15) is 5.75 Å². The monoisotopic (exact) mass is 689 g/mol. The highest BCUT2D eigenvalue weighted by atomic mass is 127. The van der Waals surface area contributed by atoms with Gasteiger partial charge in [0.2, 0.25) is 0 Å². The van der Waals surface area contributed by atoms with Crippen LogP contribution in [-0.2, 0) is 11.3 Å². The van der Waals surface area contributed by atoms with Crippen LogP contribution in [0.15, 0.2) is 41.3 Å². The number of carbonyl (C=O) groups excluding carboxylic acids is 2. The van der Waals surface area contributed by atoms with Crippen molar-refractivity contribution >= 4 is 96.8 Å². The smallest absolute Gasteiger partial charge is 0.293 e. The number of phenols is 1. The van der Waals surface area contributed by atoms with Crippen molar-refractivity contribution in [3.63, 3.8) is 0 Å². The molecule has 0 radical (unpaired) electrons. The number of imide groups is 1. The molecule has 0 aromatic heterocycles. The number of amides is 2. The summed E-state index contributed by atoms with van der Waals surface area (Å²) < 4.78 is 2.51. The maximum absolute atomic E-state index is 12.6. The molecular weight excluding hydrogens is 679 g/mol. The first-order valence-corrected chi connectivity index (χ1v) is 11.1. The van der Waals surface area contributed by atoms with E-state index in [2.05, 4.69) is 22.6 Å². The molecule has 1 aliphatic heterocycles. The van der Waals surface area contributed by atoms with Crippen molar-refractivity contribution in [3.8, 4) is 5.75 Å². The van der Waals surface area contributed by atoms with Crippen LogP contribution in [0.25, 0.3) is 6.08 Å². The number of rotatable bonds is 3. The number of phenolic OH excluding ortho intramolecular Hbond substituents is 1. The van der Waals surface area contributed by atoms with Gasteiger partial charge in [-0.05, 0) is 121 Å². The van der Waals surface area contributed by atoms with E-state index in [1.54, 1.807) is 18.2 Å². The molecular formula is C17H10I3NO3S. The van der Waals surface area contributed by atoms with E-state index in [0.29, 0.717) is 12.0 Å². The van der Waals surface area contributed by atoms with Crippen molar-refractivity contribution < 1.29 is 14.7 Å². The molecule has 1 saturated heterocycles. The van der Waals surface area contributed by atoms with Gasteiger partial charge in [-0.15, -0.1) is 0 Å². The summed E-state index contributed by atoms with van der Waals surface area (Å²) in [6.45, 7) is 0.267. The first-order valence-electron chi connectivity index (χ1n) is 7.03. The fraction of sp³-hybridized carbons (Fsp3) is 0.0588. The molecule has 0 aliphatic carbocycles. The van der Waals surface area contributed by atoms with E-state index in [1.165, 1.54) is 4.90 Å². The molecule has 1 aliphatic rings. The summed E-state index contributed by atoms with van der Waals surface area (Å²) in [7, 11) is 0. The lowest BCUT2D eigenvalue weighted by molar-refractivity contribution is -0.123. The van der Waals surface area contributed by atoms with Crippen molar-refractivity contribution in [3.05, 3.63) is 63.1 Å². The number of hydrogen-bond donors (Lipinski definition) is 1. The third-order valence-corrected chi connectivity index (χ3v) is 6.74. The Balaban J connectivity index is 1.84. The van der Waals surface area contributed by atoms with Gasteiger partial charge >= 0.3 is 0 Å².